The molecule has 102 valence electrons. The second-order valence-corrected chi connectivity index (χ2v) is 5.32. The van der Waals surface area contributed by atoms with Gasteiger partial charge in [0.2, 0.25) is 0 Å². The third-order valence-electron chi connectivity index (χ3n) is 2.84. The molecule has 0 fully saturated rings. The first kappa shape index (κ1) is 13.0. The number of aromatic nitrogens is 1. The van der Waals surface area contributed by atoms with Crippen LogP contribution in [0.5, 0.6) is 5.75 Å². The molecule has 0 amide bonds. The van der Waals surface area contributed by atoms with Gasteiger partial charge in [0.15, 0.2) is 0 Å². The summed E-state index contributed by atoms with van der Waals surface area (Å²) < 4.78 is 19.5. The predicted molar refractivity (Wildman–Crippen MR) is 79.6 cm³/mol. The molecular formula is C15H13FN2OS. The third kappa shape index (κ3) is 2.64. The standard InChI is InChI=1S/C15H13FN2OS/c16-11-3-1-10(2-4-11)15-18-13-6-5-12(19-8-7-17)9-14(13)20-15/h1-6,9H,7-8,17H2. The maximum absolute atomic E-state index is 12.9. The molecule has 0 bridgehead atoms. The molecule has 0 aliphatic carbocycles. The summed E-state index contributed by atoms with van der Waals surface area (Å²) in [6.07, 6.45) is 0. The number of hydrogen-bond donors (Lipinski definition) is 1. The molecule has 2 N–H and O–H groups in total. The number of fused-ring (bicyclic) bond motifs is 1. The van der Waals surface area contributed by atoms with Gasteiger partial charge in [-0.05, 0) is 42.5 Å². The molecule has 0 unspecified atom stereocenters. The zero-order chi connectivity index (χ0) is 13.9. The van der Waals surface area contributed by atoms with E-state index >= 15 is 0 Å². The van der Waals surface area contributed by atoms with Gasteiger partial charge in [0.1, 0.15) is 23.2 Å². The van der Waals surface area contributed by atoms with Crippen LogP contribution in [0.25, 0.3) is 20.8 Å². The highest BCUT2D eigenvalue weighted by Crippen LogP contribution is 2.32. The van der Waals surface area contributed by atoms with Crippen molar-refractivity contribution in [2.75, 3.05) is 13.2 Å². The van der Waals surface area contributed by atoms with Crippen LogP contribution in [0.3, 0.4) is 0 Å². The van der Waals surface area contributed by atoms with Crippen molar-refractivity contribution in [3.8, 4) is 16.3 Å². The summed E-state index contributed by atoms with van der Waals surface area (Å²) >= 11 is 1.56. The normalized spacial score (nSPS) is 10.9. The van der Waals surface area contributed by atoms with E-state index in [0.717, 1.165) is 26.5 Å². The van der Waals surface area contributed by atoms with Gasteiger partial charge in [0.25, 0.3) is 0 Å². The number of rotatable bonds is 4. The van der Waals surface area contributed by atoms with Crippen molar-refractivity contribution < 1.29 is 9.13 Å². The predicted octanol–water partition coefficient (Wildman–Crippen LogP) is 3.44. The second-order valence-electron chi connectivity index (χ2n) is 4.29. The summed E-state index contributed by atoms with van der Waals surface area (Å²) in [5.74, 6) is 0.546. The van der Waals surface area contributed by atoms with Crippen molar-refractivity contribution in [3.05, 3.63) is 48.3 Å². The topological polar surface area (TPSA) is 48.1 Å². The smallest absolute Gasteiger partial charge is 0.124 e. The van der Waals surface area contributed by atoms with Crippen LogP contribution in [0.15, 0.2) is 42.5 Å². The minimum absolute atomic E-state index is 0.243. The maximum Gasteiger partial charge on any atom is 0.124 e. The van der Waals surface area contributed by atoms with E-state index in [4.69, 9.17) is 10.5 Å². The van der Waals surface area contributed by atoms with E-state index < -0.39 is 0 Å². The van der Waals surface area contributed by atoms with Gasteiger partial charge in [-0.25, -0.2) is 9.37 Å². The van der Waals surface area contributed by atoms with Crippen molar-refractivity contribution in [2.45, 2.75) is 0 Å². The molecule has 1 heterocycles. The maximum atomic E-state index is 12.9. The molecule has 1 aromatic heterocycles. The molecule has 0 saturated carbocycles. The van der Waals surface area contributed by atoms with E-state index in [1.807, 2.05) is 18.2 Å². The fraction of sp³-hybridized carbons (Fsp3) is 0.133. The Morgan fingerprint density at radius 2 is 1.95 bits per heavy atom. The Kier molecular flexibility index (Phi) is 3.62. The van der Waals surface area contributed by atoms with Crippen LogP contribution in [-0.2, 0) is 0 Å². The number of benzene rings is 2. The molecule has 0 aliphatic heterocycles. The Hall–Kier alpha value is -1.98. The number of halogens is 1. The van der Waals surface area contributed by atoms with Crippen LogP contribution in [0.1, 0.15) is 0 Å². The van der Waals surface area contributed by atoms with Gasteiger partial charge >= 0.3 is 0 Å². The fourth-order valence-electron chi connectivity index (χ4n) is 1.89. The minimum Gasteiger partial charge on any atom is -0.492 e. The van der Waals surface area contributed by atoms with Gasteiger partial charge in [0.05, 0.1) is 10.2 Å². The highest BCUT2D eigenvalue weighted by atomic mass is 32.1. The van der Waals surface area contributed by atoms with Crippen molar-refractivity contribution in [1.82, 2.24) is 4.98 Å². The molecule has 2 aromatic carbocycles. The van der Waals surface area contributed by atoms with Crippen LogP contribution in [0.2, 0.25) is 0 Å². The molecule has 3 rings (SSSR count). The molecule has 0 atom stereocenters. The number of nitrogens with zero attached hydrogens (tertiary/aromatic N) is 1. The Bertz CT molecular complexity index is 724. The Balaban J connectivity index is 1.95. The largest absolute Gasteiger partial charge is 0.492 e. The van der Waals surface area contributed by atoms with Crippen LogP contribution >= 0.6 is 11.3 Å². The molecule has 3 nitrogen and oxygen atoms in total. The fourth-order valence-corrected chi connectivity index (χ4v) is 2.89. The zero-order valence-electron chi connectivity index (χ0n) is 10.7. The Morgan fingerprint density at radius 3 is 2.70 bits per heavy atom. The van der Waals surface area contributed by atoms with Crippen molar-refractivity contribution in [2.24, 2.45) is 5.73 Å². The number of nitrogens with two attached hydrogens (primary N) is 1. The molecule has 3 aromatic rings. The van der Waals surface area contributed by atoms with Crippen molar-refractivity contribution >= 4 is 21.6 Å². The first-order valence-electron chi connectivity index (χ1n) is 6.25. The van der Waals surface area contributed by atoms with E-state index in [9.17, 15) is 4.39 Å². The summed E-state index contributed by atoms with van der Waals surface area (Å²) in [6.45, 7) is 0.983. The third-order valence-corrected chi connectivity index (χ3v) is 3.90. The summed E-state index contributed by atoms with van der Waals surface area (Å²) in [4.78, 5) is 4.55. The van der Waals surface area contributed by atoms with Crippen molar-refractivity contribution in [3.63, 3.8) is 0 Å². The summed E-state index contributed by atoms with van der Waals surface area (Å²) in [5.41, 5.74) is 7.24. The van der Waals surface area contributed by atoms with Crippen LogP contribution in [0, 0.1) is 5.82 Å². The second kappa shape index (κ2) is 5.56. The molecule has 0 spiro atoms. The van der Waals surface area contributed by atoms with Crippen LogP contribution in [0.4, 0.5) is 4.39 Å². The SMILES string of the molecule is NCCOc1ccc2nc(-c3ccc(F)cc3)sc2c1. The minimum atomic E-state index is -0.243. The average Bonchev–Trinajstić information content (AvgIpc) is 2.89. The lowest BCUT2D eigenvalue weighted by Crippen LogP contribution is -2.10. The first-order valence-corrected chi connectivity index (χ1v) is 7.07. The van der Waals surface area contributed by atoms with E-state index in [0.29, 0.717) is 13.2 Å². The lowest BCUT2D eigenvalue weighted by Gasteiger charge is -2.02. The first-order chi connectivity index (χ1) is 9.76. The lowest BCUT2D eigenvalue weighted by atomic mass is 10.2. The van der Waals surface area contributed by atoms with Gasteiger partial charge in [0, 0.05) is 12.1 Å². The molecule has 5 heteroatoms. The van der Waals surface area contributed by atoms with E-state index in [1.165, 1.54) is 12.1 Å². The summed E-state index contributed by atoms with van der Waals surface area (Å²) in [6, 6.07) is 12.1. The van der Waals surface area contributed by atoms with Crippen molar-refractivity contribution in [1.29, 1.82) is 0 Å². The Morgan fingerprint density at radius 1 is 1.15 bits per heavy atom. The summed E-state index contributed by atoms with van der Waals surface area (Å²) in [7, 11) is 0. The van der Waals surface area contributed by atoms with E-state index in [1.54, 1.807) is 23.5 Å². The average molecular weight is 288 g/mol. The summed E-state index contributed by atoms with van der Waals surface area (Å²) in [5, 5.41) is 0.871. The number of hydrogen-bond acceptors (Lipinski definition) is 4. The molecular weight excluding hydrogens is 275 g/mol. The zero-order valence-corrected chi connectivity index (χ0v) is 11.5. The van der Waals surface area contributed by atoms with Crippen LogP contribution < -0.4 is 10.5 Å². The van der Waals surface area contributed by atoms with Gasteiger partial charge in [-0.2, -0.15) is 0 Å². The van der Waals surface area contributed by atoms with Gasteiger partial charge in [-0.3, -0.25) is 0 Å². The van der Waals surface area contributed by atoms with Crippen LogP contribution in [-0.4, -0.2) is 18.1 Å². The molecule has 0 radical (unpaired) electrons. The lowest BCUT2D eigenvalue weighted by molar-refractivity contribution is 0.329. The number of thiazole rings is 1. The monoisotopic (exact) mass is 288 g/mol. The molecule has 0 saturated heterocycles. The van der Waals surface area contributed by atoms with Gasteiger partial charge < -0.3 is 10.5 Å². The van der Waals surface area contributed by atoms with Gasteiger partial charge in [-0.15, -0.1) is 11.3 Å². The highest BCUT2D eigenvalue weighted by Gasteiger charge is 2.07. The molecule has 20 heavy (non-hydrogen) atoms. The Labute approximate surface area is 119 Å². The quantitative estimate of drug-likeness (QED) is 0.800. The van der Waals surface area contributed by atoms with Gasteiger partial charge in [-0.1, -0.05) is 0 Å². The molecule has 0 aliphatic rings. The van der Waals surface area contributed by atoms with E-state index in [2.05, 4.69) is 4.98 Å². The van der Waals surface area contributed by atoms with E-state index in [-0.39, 0.29) is 5.82 Å². The number of ether oxygens (including phenoxy) is 1. The highest BCUT2D eigenvalue weighted by molar-refractivity contribution is 7.21.